The zero-order chi connectivity index (χ0) is 29.9. The molecule has 0 saturated carbocycles. The third kappa shape index (κ3) is 6.34. The van der Waals surface area contributed by atoms with E-state index in [1.54, 1.807) is 6.92 Å². The number of nitrogens with zero attached hydrogens (tertiary/aromatic N) is 4. The maximum Gasteiger partial charge on any atom is 0.409 e. The van der Waals surface area contributed by atoms with E-state index >= 15 is 0 Å². The zero-order valence-electron chi connectivity index (χ0n) is 24.3. The number of hydrogen-bond donors (Lipinski definition) is 1. The number of hydrogen-bond acceptors (Lipinski definition) is 8. The summed E-state index contributed by atoms with van der Waals surface area (Å²) < 4.78 is 32.8. The van der Waals surface area contributed by atoms with Gasteiger partial charge in [0.05, 0.1) is 17.1 Å². The number of rotatable bonds is 8. The minimum absolute atomic E-state index is 0.0197. The number of likely N-dealkylation sites (tertiary alicyclic amines) is 1. The number of ether oxygens (including phenoxy) is 1. The fourth-order valence-electron chi connectivity index (χ4n) is 5.78. The molecule has 0 spiro atoms. The number of piperazine rings is 1. The van der Waals surface area contributed by atoms with Crippen LogP contribution < -0.4 is 5.32 Å². The van der Waals surface area contributed by atoms with E-state index in [0.717, 1.165) is 68.8 Å². The molecule has 3 amide bonds. The Bertz CT molecular complexity index is 1410. The van der Waals surface area contributed by atoms with Gasteiger partial charge in [-0.25, -0.2) is 13.2 Å². The van der Waals surface area contributed by atoms with Gasteiger partial charge in [-0.15, -0.1) is 11.3 Å². The summed E-state index contributed by atoms with van der Waals surface area (Å²) in [6, 6.07) is 5.85. The van der Waals surface area contributed by atoms with Gasteiger partial charge in [0.1, 0.15) is 5.00 Å². The number of carbonyl (C=O) groups is 3. The Labute approximate surface area is 251 Å². The van der Waals surface area contributed by atoms with Crippen molar-refractivity contribution < 1.29 is 27.5 Å². The second kappa shape index (κ2) is 13.1. The summed E-state index contributed by atoms with van der Waals surface area (Å²) in [7, 11) is -3.79. The van der Waals surface area contributed by atoms with Gasteiger partial charge in [0.25, 0.3) is 11.8 Å². The van der Waals surface area contributed by atoms with Gasteiger partial charge < -0.3 is 19.9 Å². The fourth-order valence-corrected chi connectivity index (χ4v) is 8.48. The Balaban J connectivity index is 1.30. The molecule has 11 nitrogen and oxygen atoms in total. The Morgan fingerprint density at radius 1 is 0.929 bits per heavy atom. The van der Waals surface area contributed by atoms with Crippen LogP contribution in [0.1, 0.15) is 64.3 Å². The number of sulfonamides is 1. The lowest BCUT2D eigenvalue weighted by atomic mass is 10.0. The quantitative estimate of drug-likeness (QED) is 0.482. The molecule has 3 aliphatic rings. The Kier molecular flexibility index (Phi) is 9.50. The van der Waals surface area contributed by atoms with Crippen molar-refractivity contribution in [3.8, 4) is 0 Å². The third-order valence-corrected chi connectivity index (χ3v) is 11.1. The lowest BCUT2D eigenvalue weighted by molar-refractivity contribution is 0.0792. The molecule has 2 saturated heterocycles. The summed E-state index contributed by atoms with van der Waals surface area (Å²) in [6.07, 6.45) is 3.36. The van der Waals surface area contributed by atoms with Crippen molar-refractivity contribution in [2.24, 2.45) is 0 Å². The van der Waals surface area contributed by atoms with Gasteiger partial charge in [0.2, 0.25) is 10.0 Å². The SMILES string of the molecule is CCCN1CCc2c(sc(NC(=O)c3ccc(S(=O)(=O)N4CCN(C(=O)OCC)CC4)cc3)c2C(=O)N2CCCC2)C1. The molecule has 2 fully saturated rings. The van der Waals surface area contributed by atoms with Gasteiger partial charge in [-0.05, 0) is 69.0 Å². The van der Waals surface area contributed by atoms with Crippen molar-refractivity contribution in [3.05, 3.63) is 45.8 Å². The van der Waals surface area contributed by atoms with E-state index in [-0.39, 0.29) is 49.5 Å². The van der Waals surface area contributed by atoms with E-state index in [0.29, 0.717) is 16.1 Å². The molecule has 0 bridgehead atoms. The van der Waals surface area contributed by atoms with Gasteiger partial charge in [-0.3, -0.25) is 14.5 Å². The molecule has 4 heterocycles. The van der Waals surface area contributed by atoms with Gasteiger partial charge in [0, 0.05) is 62.8 Å². The maximum atomic E-state index is 13.6. The molecule has 1 aromatic carbocycles. The zero-order valence-corrected chi connectivity index (χ0v) is 25.9. The molecule has 3 aliphatic heterocycles. The van der Waals surface area contributed by atoms with Crippen molar-refractivity contribution in [2.45, 2.75) is 51.0 Å². The molecular weight excluding hydrogens is 578 g/mol. The summed E-state index contributed by atoms with van der Waals surface area (Å²) in [5.41, 5.74) is 1.96. The lowest BCUT2D eigenvalue weighted by Crippen LogP contribution is -2.50. The molecule has 2 aromatic rings. The number of anilines is 1. The predicted octanol–water partition coefficient (Wildman–Crippen LogP) is 3.47. The van der Waals surface area contributed by atoms with Crippen LogP contribution in [-0.4, -0.2) is 104 Å². The molecule has 228 valence electrons. The summed E-state index contributed by atoms with van der Waals surface area (Å²) in [5.74, 6) is -0.407. The van der Waals surface area contributed by atoms with Crippen molar-refractivity contribution in [1.29, 1.82) is 0 Å². The number of thiophene rings is 1. The van der Waals surface area contributed by atoms with Crippen LogP contribution in [0.25, 0.3) is 0 Å². The Hall–Kier alpha value is -3.00. The van der Waals surface area contributed by atoms with Crippen LogP contribution in [0.4, 0.5) is 9.80 Å². The number of benzene rings is 1. The molecule has 42 heavy (non-hydrogen) atoms. The van der Waals surface area contributed by atoms with Crippen LogP contribution in [0.15, 0.2) is 29.2 Å². The number of nitrogens with one attached hydrogen (secondary N) is 1. The molecule has 1 aromatic heterocycles. The minimum atomic E-state index is -3.79. The van der Waals surface area contributed by atoms with E-state index in [4.69, 9.17) is 4.74 Å². The molecule has 0 radical (unpaired) electrons. The number of fused-ring (bicyclic) bond motifs is 1. The van der Waals surface area contributed by atoms with Crippen molar-refractivity contribution in [2.75, 3.05) is 64.3 Å². The topological polar surface area (TPSA) is 120 Å². The summed E-state index contributed by atoms with van der Waals surface area (Å²) in [5, 5.41) is 3.55. The first-order chi connectivity index (χ1) is 20.2. The van der Waals surface area contributed by atoms with Gasteiger partial charge in [-0.1, -0.05) is 6.92 Å². The van der Waals surface area contributed by atoms with Crippen molar-refractivity contribution in [3.63, 3.8) is 0 Å². The van der Waals surface area contributed by atoms with E-state index in [9.17, 15) is 22.8 Å². The second-order valence-corrected chi connectivity index (χ2v) is 13.8. The van der Waals surface area contributed by atoms with Gasteiger partial charge in [-0.2, -0.15) is 4.31 Å². The normalized spacial score (nSPS) is 18.1. The highest BCUT2D eigenvalue weighted by molar-refractivity contribution is 7.89. The summed E-state index contributed by atoms with van der Waals surface area (Å²) >= 11 is 1.47. The monoisotopic (exact) mass is 617 g/mol. The Morgan fingerprint density at radius 3 is 2.26 bits per heavy atom. The maximum absolute atomic E-state index is 13.6. The smallest absolute Gasteiger partial charge is 0.409 e. The van der Waals surface area contributed by atoms with E-state index < -0.39 is 16.1 Å². The first kappa shape index (κ1) is 30.5. The molecule has 0 aliphatic carbocycles. The molecule has 1 N–H and O–H groups in total. The van der Waals surface area contributed by atoms with Gasteiger partial charge >= 0.3 is 6.09 Å². The average Bonchev–Trinajstić information content (AvgIpc) is 3.65. The molecule has 13 heteroatoms. The number of amides is 3. The molecule has 5 rings (SSSR count). The molecular formula is C29H39N5O6S2. The largest absolute Gasteiger partial charge is 0.450 e. The fraction of sp³-hybridized carbons (Fsp3) is 0.552. The minimum Gasteiger partial charge on any atom is -0.450 e. The van der Waals surface area contributed by atoms with Crippen molar-refractivity contribution in [1.82, 2.24) is 19.0 Å². The highest BCUT2D eigenvalue weighted by Gasteiger charge is 2.33. The second-order valence-electron chi connectivity index (χ2n) is 10.8. The van der Waals surface area contributed by atoms with E-state index in [1.807, 2.05) is 4.90 Å². The van der Waals surface area contributed by atoms with Crippen LogP contribution >= 0.6 is 11.3 Å². The first-order valence-electron chi connectivity index (χ1n) is 14.7. The first-order valence-corrected chi connectivity index (χ1v) is 17.0. The van der Waals surface area contributed by atoms with Crippen molar-refractivity contribution >= 4 is 44.3 Å². The average molecular weight is 618 g/mol. The summed E-state index contributed by atoms with van der Waals surface area (Å²) in [6.45, 7) is 9.07. The molecule has 0 atom stereocenters. The van der Waals surface area contributed by atoms with Crippen LogP contribution in [0.2, 0.25) is 0 Å². The van der Waals surface area contributed by atoms with E-state index in [2.05, 4.69) is 17.1 Å². The number of carbonyl (C=O) groups excluding carboxylic acids is 3. The standard InChI is InChI=1S/C29H39N5O6S2/c1-3-12-31-15-11-23-24(20-31)41-27(25(23)28(36)32-13-5-6-14-32)30-26(35)21-7-9-22(10-8-21)42(38,39)34-18-16-33(17-19-34)29(37)40-4-2/h7-10H,3-6,11-20H2,1-2H3,(H,30,35). The highest BCUT2D eigenvalue weighted by atomic mass is 32.2. The van der Waals surface area contributed by atoms with Gasteiger partial charge in [0.15, 0.2) is 0 Å². The predicted molar refractivity (Wildman–Crippen MR) is 160 cm³/mol. The van der Waals surface area contributed by atoms with Crippen LogP contribution in [0.5, 0.6) is 0 Å². The highest BCUT2D eigenvalue weighted by Crippen LogP contribution is 2.38. The van der Waals surface area contributed by atoms with Crippen LogP contribution in [-0.2, 0) is 27.7 Å². The van der Waals surface area contributed by atoms with Crippen LogP contribution in [0, 0.1) is 0 Å². The Morgan fingerprint density at radius 2 is 1.62 bits per heavy atom. The lowest BCUT2D eigenvalue weighted by Gasteiger charge is -2.33. The summed E-state index contributed by atoms with van der Waals surface area (Å²) in [4.78, 5) is 45.9. The van der Waals surface area contributed by atoms with Crippen LogP contribution in [0.3, 0.4) is 0 Å². The van der Waals surface area contributed by atoms with E-state index in [1.165, 1.54) is 44.8 Å². The third-order valence-electron chi connectivity index (χ3n) is 8.03. The molecule has 0 unspecified atom stereocenters.